The van der Waals surface area contributed by atoms with Crippen LogP contribution in [0.5, 0.6) is 0 Å². The third kappa shape index (κ3) is 4.76. The molecule has 0 fully saturated rings. The molecule has 0 aliphatic rings. The van der Waals surface area contributed by atoms with E-state index in [1.807, 2.05) is 26.0 Å². The first-order valence-corrected chi connectivity index (χ1v) is 9.41. The van der Waals surface area contributed by atoms with Crippen LogP contribution in [-0.2, 0) is 9.53 Å². The maximum Gasteiger partial charge on any atom is 0.359 e. The van der Waals surface area contributed by atoms with Crippen LogP contribution < -0.4 is 5.32 Å². The molecule has 30 heavy (non-hydrogen) atoms. The van der Waals surface area contributed by atoms with Crippen LogP contribution in [-0.4, -0.2) is 33.2 Å². The fraction of sp³-hybridized carbons (Fsp3) is 0.150. The van der Waals surface area contributed by atoms with E-state index in [1.165, 1.54) is 24.3 Å². The fourth-order valence-corrected chi connectivity index (χ4v) is 3.04. The molecular formula is C20H15Cl2N5O3. The van der Waals surface area contributed by atoms with Gasteiger partial charge in [0.1, 0.15) is 6.07 Å². The lowest BCUT2D eigenvalue weighted by molar-refractivity contribution is -0.119. The SMILES string of the molecule is Cc1cc(C)n(-c2ccc(Cl)c(C(=O)OCC(=O)Nc3ccc(C#N)c(Cl)c3)n2)n1. The first-order valence-electron chi connectivity index (χ1n) is 8.65. The first-order chi connectivity index (χ1) is 14.3. The average molecular weight is 444 g/mol. The summed E-state index contributed by atoms with van der Waals surface area (Å²) in [5, 5.41) is 16.0. The molecule has 0 aliphatic carbocycles. The Hall–Kier alpha value is -3.41. The van der Waals surface area contributed by atoms with Gasteiger partial charge in [0.15, 0.2) is 18.1 Å². The Kier molecular flexibility index (Phi) is 6.35. The van der Waals surface area contributed by atoms with Crippen molar-refractivity contribution in [3.8, 4) is 11.9 Å². The van der Waals surface area contributed by atoms with Gasteiger partial charge in [-0.3, -0.25) is 4.79 Å². The van der Waals surface area contributed by atoms with Gasteiger partial charge in [-0.1, -0.05) is 23.2 Å². The average Bonchev–Trinajstić information content (AvgIpc) is 3.04. The number of esters is 1. The van der Waals surface area contributed by atoms with Crippen molar-refractivity contribution < 1.29 is 14.3 Å². The summed E-state index contributed by atoms with van der Waals surface area (Å²) in [7, 11) is 0. The molecule has 1 amide bonds. The highest BCUT2D eigenvalue weighted by molar-refractivity contribution is 6.33. The van der Waals surface area contributed by atoms with Gasteiger partial charge in [0.25, 0.3) is 5.91 Å². The smallest absolute Gasteiger partial charge is 0.359 e. The van der Waals surface area contributed by atoms with E-state index >= 15 is 0 Å². The number of carbonyl (C=O) groups excluding carboxylic acids is 2. The van der Waals surface area contributed by atoms with Gasteiger partial charge in [-0.15, -0.1) is 0 Å². The largest absolute Gasteiger partial charge is 0.451 e. The molecule has 0 saturated heterocycles. The van der Waals surface area contributed by atoms with Crippen molar-refractivity contribution in [2.24, 2.45) is 0 Å². The number of hydrogen-bond acceptors (Lipinski definition) is 6. The highest BCUT2D eigenvalue weighted by Gasteiger charge is 2.18. The first kappa shape index (κ1) is 21.3. The number of hydrogen-bond donors (Lipinski definition) is 1. The molecule has 0 unspecified atom stereocenters. The van der Waals surface area contributed by atoms with E-state index in [-0.39, 0.29) is 21.3 Å². The lowest BCUT2D eigenvalue weighted by Crippen LogP contribution is -2.21. The van der Waals surface area contributed by atoms with Crippen molar-refractivity contribution in [1.29, 1.82) is 5.26 Å². The monoisotopic (exact) mass is 443 g/mol. The lowest BCUT2D eigenvalue weighted by atomic mass is 10.2. The zero-order valence-corrected chi connectivity index (χ0v) is 17.5. The Balaban J connectivity index is 1.68. The number of aryl methyl sites for hydroxylation is 2. The number of pyridine rings is 1. The number of benzene rings is 1. The van der Waals surface area contributed by atoms with Crippen LogP contribution in [0.1, 0.15) is 27.4 Å². The molecule has 1 N–H and O–H groups in total. The van der Waals surface area contributed by atoms with E-state index in [4.69, 9.17) is 33.2 Å². The van der Waals surface area contributed by atoms with Crippen molar-refractivity contribution in [3.05, 3.63) is 69.1 Å². The van der Waals surface area contributed by atoms with Crippen molar-refractivity contribution >= 4 is 40.8 Å². The summed E-state index contributed by atoms with van der Waals surface area (Å²) in [6.07, 6.45) is 0. The number of carbonyl (C=O) groups is 2. The molecule has 8 nitrogen and oxygen atoms in total. The van der Waals surface area contributed by atoms with Crippen LogP contribution in [0.25, 0.3) is 5.82 Å². The molecular weight excluding hydrogens is 429 g/mol. The summed E-state index contributed by atoms with van der Waals surface area (Å²) in [6, 6.07) is 11.3. The zero-order chi connectivity index (χ0) is 21.8. The van der Waals surface area contributed by atoms with Gasteiger partial charge >= 0.3 is 5.97 Å². The van der Waals surface area contributed by atoms with Gasteiger partial charge in [0, 0.05) is 11.4 Å². The van der Waals surface area contributed by atoms with Crippen LogP contribution in [0.2, 0.25) is 10.0 Å². The summed E-state index contributed by atoms with van der Waals surface area (Å²) in [5.74, 6) is -1.04. The summed E-state index contributed by atoms with van der Waals surface area (Å²) in [4.78, 5) is 28.7. The second-order valence-corrected chi connectivity index (χ2v) is 7.08. The molecule has 0 radical (unpaired) electrons. The molecule has 2 heterocycles. The van der Waals surface area contributed by atoms with Crippen LogP contribution in [0.3, 0.4) is 0 Å². The van der Waals surface area contributed by atoms with Crippen LogP contribution in [0, 0.1) is 25.2 Å². The third-order valence-electron chi connectivity index (χ3n) is 3.96. The summed E-state index contributed by atoms with van der Waals surface area (Å²) >= 11 is 12.0. The molecule has 3 aromatic rings. The number of rotatable bonds is 5. The Bertz CT molecular complexity index is 1180. The fourth-order valence-electron chi connectivity index (χ4n) is 2.63. The minimum Gasteiger partial charge on any atom is -0.451 e. The summed E-state index contributed by atoms with van der Waals surface area (Å²) < 4.78 is 6.60. The summed E-state index contributed by atoms with van der Waals surface area (Å²) in [6.45, 7) is 3.14. The maximum atomic E-state index is 12.4. The number of anilines is 1. The quantitative estimate of drug-likeness (QED) is 0.599. The van der Waals surface area contributed by atoms with Crippen molar-refractivity contribution in [1.82, 2.24) is 14.8 Å². The van der Waals surface area contributed by atoms with Crippen LogP contribution >= 0.6 is 23.2 Å². The number of nitrogens with one attached hydrogen (secondary N) is 1. The van der Waals surface area contributed by atoms with Gasteiger partial charge in [0.2, 0.25) is 0 Å². The van der Waals surface area contributed by atoms with E-state index in [1.54, 1.807) is 10.7 Å². The second-order valence-electron chi connectivity index (χ2n) is 6.27. The Morgan fingerprint density at radius 1 is 1.17 bits per heavy atom. The van der Waals surface area contributed by atoms with E-state index in [2.05, 4.69) is 15.4 Å². The van der Waals surface area contributed by atoms with Gasteiger partial charge in [-0.05, 0) is 50.2 Å². The van der Waals surface area contributed by atoms with Gasteiger partial charge in [-0.2, -0.15) is 10.4 Å². The number of amides is 1. The highest BCUT2D eigenvalue weighted by atomic mass is 35.5. The Morgan fingerprint density at radius 3 is 2.57 bits per heavy atom. The predicted molar refractivity (Wildman–Crippen MR) is 111 cm³/mol. The number of nitrogens with zero attached hydrogens (tertiary/aromatic N) is 4. The molecule has 152 valence electrons. The number of halogens is 2. The Labute approximate surface area is 182 Å². The molecule has 0 saturated carbocycles. The van der Waals surface area contributed by atoms with E-state index < -0.39 is 18.5 Å². The van der Waals surface area contributed by atoms with E-state index in [0.29, 0.717) is 11.5 Å². The molecule has 0 atom stereocenters. The normalized spacial score (nSPS) is 10.4. The summed E-state index contributed by atoms with van der Waals surface area (Å²) in [5.41, 5.74) is 2.15. The van der Waals surface area contributed by atoms with Crippen molar-refractivity contribution in [2.75, 3.05) is 11.9 Å². The molecule has 1 aromatic carbocycles. The highest BCUT2D eigenvalue weighted by Crippen LogP contribution is 2.21. The van der Waals surface area contributed by atoms with Gasteiger partial charge in [-0.25, -0.2) is 14.5 Å². The third-order valence-corrected chi connectivity index (χ3v) is 4.58. The van der Waals surface area contributed by atoms with Crippen molar-refractivity contribution in [3.63, 3.8) is 0 Å². The molecule has 10 heteroatoms. The van der Waals surface area contributed by atoms with Gasteiger partial charge in [0.05, 0.1) is 21.3 Å². The molecule has 0 spiro atoms. The topological polar surface area (TPSA) is 110 Å². The number of ether oxygens (including phenoxy) is 1. The minimum atomic E-state index is -0.851. The van der Waals surface area contributed by atoms with Crippen LogP contribution in [0.15, 0.2) is 36.4 Å². The number of nitriles is 1. The minimum absolute atomic E-state index is 0.0876. The standard InChI is InChI=1S/C20H15Cl2N5O3/c1-11-7-12(2)27(26-11)17-6-5-15(21)19(25-17)20(29)30-10-18(28)24-14-4-3-13(9-23)16(22)8-14/h3-8H,10H2,1-2H3,(H,24,28). The molecule has 0 bridgehead atoms. The second kappa shape index (κ2) is 8.95. The van der Waals surface area contributed by atoms with Crippen LogP contribution in [0.4, 0.5) is 5.69 Å². The molecule has 2 aromatic heterocycles. The van der Waals surface area contributed by atoms with E-state index in [9.17, 15) is 9.59 Å². The predicted octanol–water partition coefficient (Wildman–Crippen LogP) is 3.86. The van der Waals surface area contributed by atoms with Crippen molar-refractivity contribution in [2.45, 2.75) is 13.8 Å². The maximum absolute atomic E-state index is 12.4. The molecule has 3 rings (SSSR count). The zero-order valence-electron chi connectivity index (χ0n) is 15.9. The Morgan fingerprint density at radius 2 is 1.93 bits per heavy atom. The number of aromatic nitrogens is 3. The lowest BCUT2D eigenvalue weighted by Gasteiger charge is -2.09. The molecule has 0 aliphatic heterocycles. The van der Waals surface area contributed by atoms with Gasteiger partial charge < -0.3 is 10.1 Å². The van der Waals surface area contributed by atoms with E-state index in [0.717, 1.165) is 11.4 Å².